The Bertz CT molecular complexity index is 713. The average Bonchev–Trinajstić information content (AvgIpc) is 2.65. The largest absolute Gasteiger partial charge is 0.319 e. The molecule has 106 valence electrons. The summed E-state index contributed by atoms with van der Waals surface area (Å²) < 4.78 is 1.12. The Morgan fingerprint density at radius 1 is 1.00 bits per heavy atom. The lowest BCUT2D eigenvalue weighted by Crippen LogP contribution is -2.06. The third-order valence-corrected chi connectivity index (χ3v) is 4.23. The summed E-state index contributed by atoms with van der Waals surface area (Å²) in [6.07, 6.45) is 7.78. The van der Waals surface area contributed by atoms with E-state index in [0.29, 0.717) is 0 Å². The van der Waals surface area contributed by atoms with Gasteiger partial charge in [0.15, 0.2) is 0 Å². The first kappa shape index (κ1) is 14.3. The van der Waals surface area contributed by atoms with Gasteiger partial charge in [-0.2, -0.15) is 0 Å². The van der Waals surface area contributed by atoms with Crippen LogP contribution in [-0.4, -0.2) is 13.6 Å². The first-order valence-corrected chi connectivity index (χ1v) is 8.01. The van der Waals surface area contributed by atoms with Crippen LogP contribution >= 0.6 is 15.9 Å². The monoisotopic (exact) mass is 339 g/mol. The molecule has 0 atom stereocenters. The lowest BCUT2D eigenvalue weighted by molar-refractivity contribution is 0.808. The maximum Gasteiger partial charge on any atom is 0.0181 e. The zero-order valence-electron chi connectivity index (χ0n) is 12.1. The lowest BCUT2D eigenvalue weighted by atomic mass is 9.93. The highest BCUT2D eigenvalue weighted by molar-refractivity contribution is 9.10. The third kappa shape index (κ3) is 3.02. The van der Waals surface area contributed by atoms with Gasteiger partial charge in [-0.25, -0.2) is 0 Å². The minimum absolute atomic E-state index is 0.991. The molecular weight excluding hydrogens is 322 g/mol. The van der Waals surface area contributed by atoms with Crippen molar-refractivity contribution in [2.75, 3.05) is 13.6 Å². The topological polar surface area (TPSA) is 12.0 Å². The van der Waals surface area contributed by atoms with E-state index in [2.05, 4.69) is 81.9 Å². The lowest BCUT2D eigenvalue weighted by Gasteiger charge is -2.12. The molecule has 3 rings (SSSR count). The van der Waals surface area contributed by atoms with Crippen molar-refractivity contribution >= 4 is 33.7 Å². The van der Waals surface area contributed by atoms with Crippen LogP contribution in [0.25, 0.3) is 17.7 Å². The summed E-state index contributed by atoms with van der Waals surface area (Å²) in [6.45, 7) is 0.991. The fourth-order valence-electron chi connectivity index (χ4n) is 2.71. The molecule has 0 radical (unpaired) electrons. The molecule has 0 unspecified atom stereocenters. The first-order valence-electron chi connectivity index (χ1n) is 7.22. The van der Waals surface area contributed by atoms with E-state index in [1.165, 1.54) is 27.8 Å². The van der Waals surface area contributed by atoms with E-state index in [9.17, 15) is 0 Å². The Labute approximate surface area is 134 Å². The average molecular weight is 340 g/mol. The molecule has 0 saturated carbocycles. The number of rotatable bonds is 3. The van der Waals surface area contributed by atoms with Crippen LogP contribution in [0.5, 0.6) is 0 Å². The molecule has 0 aromatic heterocycles. The van der Waals surface area contributed by atoms with Crippen LogP contribution < -0.4 is 5.32 Å². The number of nitrogens with one attached hydrogen (secondary N) is 1. The summed E-state index contributed by atoms with van der Waals surface area (Å²) in [5.74, 6) is 0. The van der Waals surface area contributed by atoms with Gasteiger partial charge in [0.2, 0.25) is 0 Å². The van der Waals surface area contributed by atoms with Gasteiger partial charge in [0.25, 0.3) is 0 Å². The zero-order valence-corrected chi connectivity index (χ0v) is 13.7. The smallest absolute Gasteiger partial charge is 0.0181 e. The molecule has 2 aromatic rings. The van der Waals surface area contributed by atoms with Crippen molar-refractivity contribution in [1.82, 2.24) is 5.32 Å². The van der Waals surface area contributed by atoms with Crippen LogP contribution in [0.3, 0.4) is 0 Å². The number of fused-ring (bicyclic) bond motifs is 2. The number of hydrogen-bond acceptors (Lipinski definition) is 1. The van der Waals surface area contributed by atoms with Gasteiger partial charge in [-0.3, -0.25) is 0 Å². The van der Waals surface area contributed by atoms with Crippen molar-refractivity contribution in [3.05, 3.63) is 75.3 Å². The highest BCUT2D eigenvalue weighted by atomic mass is 79.9. The Kier molecular flexibility index (Phi) is 4.37. The highest BCUT2D eigenvalue weighted by Crippen LogP contribution is 2.35. The number of hydrogen-bond donors (Lipinski definition) is 1. The van der Waals surface area contributed by atoms with Gasteiger partial charge in [-0.1, -0.05) is 64.5 Å². The fraction of sp³-hybridized carbons (Fsp3) is 0.158. The van der Waals surface area contributed by atoms with Gasteiger partial charge in [0.05, 0.1) is 0 Å². The van der Waals surface area contributed by atoms with Gasteiger partial charge in [0, 0.05) is 4.47 Å². The molecule has 2 aromatic carbocycles. The summed E-state index contributed by atoms with van der Waals surface area (Å²) in [5, 5.41) is 3.21. The van der Waals surface area contributed by atoms with Crippen molar-refractivity contribution in [3.63, 3.8) is 0 Å². The van der Waals surface area contributed by atoms with Crippen LogP contribution in [0.15, 0.2) is 53.0 Å². The van der Waals surface area contributed by atoms with Crippen LogP contribution in [0, 0.1) is 0 Å². The first-order chi connectivity index (χ1) is 10.3. The van der Waals surface area contributed by atoms with Crippen molar-refractivity contribution in [3.8, 4) is 0 Å². The van der Waals surface area contributed by atoms with E-state index in [0.717, 1.165) is 17.4 Å². The maximum absolute atomic E-state index is 3.57. The Morgan fingerprint density at radius 2 is 1.76 bits per heavy atom. The van der Waals surface area contributed by atoms with E-state index < -0.39 is 0 Å². The molecule has 0 saturated heterocycles. The minimum atomic E-state index is 0.991. The second-order valence-electron chi connectivity index (χ2n) is 5.16. The molecule has 0 fully saturated rings. The fourth-order valence-corrected chi connectivity index (χ4v) is 3.09. The van der Waals surface area contributed by atoms with Crippen LogP contribution in [0.2, 0.25) is 0 Å². The van der Waals surface area contributed by atoms with E-state index in [4.69, 9.17) is 0 Å². The second kappa shape index (κ2) is 6.42. The Balaban J connectivity index is 2.17. The normalized spacial score (nSPS) is 14.7. The van der Waals surface area contributed by atoms with Gasteiger partial charge < -0.3 is 5.32 Å². The molecule has 2 heteroatoms. The Morgan fingerprint density at radius 3 is 2.62 bits per heavy atom. The molecule has 1 N–H and O–H groups in total. The molecule has 0 spiro atoms. The highest BCUT2D eigenvalue weighted by Gasteiger charge is 2.14. The molecule has 0 bridgehead atoms. The van der Waals surface area contributed by atoms with E-state index >= 15 is 0 Å². The summed E-state index contributed by atoms with van der Waals surface area (Å²) in [7, 11) is 1.99. The SMILES string of the molecule is CNCCC=C1c2ccccc2C=Cc2cc(Br)ccc21. The minimum Gasteiger partial charge on any atom is -0.319 e. The second-order valence-corrected chi connectivity index (χ2v) is 6.08. The van der Waals surface area contributed by atoms with Gasteiger partial charge in [-0.05, 0) is 60.0 Å². The summed E-state index contributed by atoms with van der Waals surface area (Å²) in [4.78, 5) is 0. The predicted octanol–water partition coefficient (Wildman–Crippen LogP) is 4.97. The van der Waals surface area contributed by atoms with Crippen LogP contribution in [-0.2, 0) is 0 Å². The standard InChI is InChI=1S/C19H18BrN/c1-21-12-4-7-19-17-6-3-2-5-14(17)8-9-15-13-16(20)10-11-18(15)19/h2-3,5-11,13,21H,4,12H2,1H3. The zero-order chi connectivity index (χ0) is 14.7. The van der Waals surface area contributed by atoms with Gasteiger partial charge in [-0.15, -0.1) is 0 Å². The van der Waals surface area contributed by atoms with Crippen molar-refractivity contribution in [2.24, 2.45) is 0 Å². The Hall–Kier alpha value is -1.64. The molecule has 21 heavy (non-hydrogen) atoms. The predicted molar refractivity (Wildman–Crippen MR) is 95.1 cm³/mol. The van der Waals surface area contributed by atoms with Crippen LogP contribution in [0.4, 0.5) is 0 Å². The summed E-state index contributed by atoms with van der Waals surface area (Å²) >= 11 is 3.57. The molecule has 1 aliphatic carbocycles. The number of halogens is 1. The molecule has 0 heterocycles. The summed E-state index contributed by atoms with van der Waals surface area (Å²) in [5.41, 5.74) is 6.48. The van der Waals surface area contributed by atoms with Crippen molar-refractivity contribution in [2.45, 2.75) is 6.42 Å². The van der Waals surface area contributed by atoms with Crippen molar-refractivity contribution < 1.29 is 0 Å². The third-order valence-electron chi connectivity index (χ3n) is 3.74. The quantitative estimate of drug-likeness (QED) is 0.664. The molecule has 0 amide bonds. The van der Waals surface area contributed by atoms with Gasteiger partial charge in [0.1, 0.15) is 0 Å². The van der Waals surface area contributed by atoms with E-state index in [-0.39, 0.29) is 0 Å². The molecule has 1 nitrogen and oxygen atoms in total. The van der Waals surface area contributed by atoms with Crippen LogP contribution in [0.1, 0.15) is 28.7 Å². The molecule has 1 aliphatic rings. The molecule has 0 aliphatic heterocycles. The molecular formula is C19H18BrN. The maximum atomic E-state index is 3.57. The van der Waals surface area contributed by atoms with Gasteiger partial charge >= 0.3 is 0 Å². The number of benzene rings is 2. The van der Waals surface area contributed by atoms with E-state index in [1.54, 1.807) is 0 Å². The van der Waals surface area contributed by atoms with Crippen molar-refractivity contribution in [1.29, 1.82) is 0 Å². The van der Waals surface area contributed by atoms with E-state index in [1.807, 2.05) is 7.05 Å². The summed E-state index contributed by atoms with van der Waals surface area (Å²) in [6, 6.07) is 15.1.